The fraction of sp³-hybridized carbons (Fsp3) is 0.357. The lowest BCUT2D eigenvalue weighted by Crippen LogP contribution is -2.11. The van der Waals surface area contributed by atoms with Crippen molar-refractivity contribution in [2.45, 2.75) is 32.9 Å². The van der Waals surface area contributed by atoms with Crippen LogP contribution in [0.5, 0.6) is 0 Å². The summed E-state index contributed by atoms with van der Waals surface area (Å²) in [6.45, 7) is 5.31. The summed E-state index contributed by atoms with van der Waals surface area (Å²) in [6, 6.07) is 8.57. The largest absolute Gasteiger partial charge is 0.349 e. The number of hydrogen-bond donors (Lipinski definition) is 1. The first kappa shape index (κ1) is 13.1. The van der Waals surface area contributed by atoms with E-state index in [0.717, 1.165) is 23.4 Å². The highest BCUT2D eigenvalue weighted by molar-refractivity contribution is 9.10. The molecule has 1 atom stereocenters. The van der Waals surface area contributed by atoms with Crippen LogP contribution in [0, 0.1) is 0 Å². The highest BCUT2D eigenvalue weighted by Gasteiger charge is 2.09. The standard InChI is InChI=1S/C14H18BrN3/c1-3-8-18-9-7-16-14(18)17-11(2)12-5-4-6-13(15)10-12/h4-7,9-11H,3,8H2,1-2H3,(H,16,17). The van der Waals surface area contributed by atoms with Gasteiger partial charge in [0.15, 0.2) is 0 Å². The van der Waals surface area contributed by atoms with Crippen molar-refractivity contribution in [3.8, 4) is 0 Å². The molecule has 2 aromatic rings. The summed E-state index contributed by atoms with van der Waals surface area (Å²) in [5.41, 5.74) is 1.25. The second kappa shape index (κ2) is 6.05. The molecule has 1 heterocycles. The van der Waals surface area contributed by atoms with E-state index in [4.69, 9.17) is 0 Å². The minimum Gasteiger partial charge on any atom is -0.349 e. The third-order valence-corrected chi connectivity index (χ3v) is 3.37. The lowest BCUT2D eigenvalue weighted by molar-refractivity contribution is 0.674. The summed E-state index contributed by atoms with van der Waals surface area (Å²) in [6.07, 6.45) is 4.96. The van der Waals surface area contributed by atoms with Crippen LogP contribution in [0.4, 0.5) is 5.95 Å². The molecule has 1 aromatic carbocycles. The minimum atomic E-state index is 0.237. The molecule has 4 heteroatoms. The fourth-order valence-electron chi connectivity index (χ4n) is 1.92. The molecule has 0 aliphatic heterocycles. The second-order valence-electron chi connectivity index (χ2n) is 4.37. The highest BCUT2D eigenvalue weighted by atomic mass is 79.9. The predicted octanol–water partition coefficient (Wildman–Crippen LogP) is 4.23. The van der Waals surface area contributed by atoms with Gasteiger partial charge in [-0.15, -0.1) is 0 Å². The average molecular weight is 308 g/mol. The van der Waals surface area contributed by atoms with Gasteiger partial charge in [-0.2, -0.15) is 0 Å². The Kier molecular flexibility index (Phi) is 4.42. The van der Waals surface area contributed by atoms with Crippen LogP contribution in [0.1, 0.15) is 31.9 Å². The molecule has 0 bridgehead atoms. The summed E-state index contributed by atoms with van der Waals surface area (Å²) >= 11 is 3.50. The number of aromatic nitrogens is 2. The third-order valence-electron chi connectivity index (χ3n) is 2.87. The minimum absolute atomic E-state index is 0.237. The van der Waals surface area contributed by atoms with Gasteiger partial charge in [0, 0.05) is 23.4 Å². The van der Waals surface area contributed by atoms with Crippen LogP contribution >= 0.6 is 15.9 Å². The monoisotopic (exact) mass is 307 g/mol. The van der Waals surface area contributed by atoms with Crippen LogP contribution in [-0.4, -0.2) is 9.55 Å². The van der Waals surface area contributed by atoms with E-state index in [-0.39, 0.29) is 6.04 Å². The van der Waals surface area contributed by atoms with Crippen molar-refractivity contribution in [3.63, 3.8) is 0 Å². The molecule has 18 heavy (non-hydrogen) atoms. The van der Waals surface area contributed by atoms with E-state index < -0.39 is 0 Å². The zero-order chi connectivity index (χ0) is 13.0. The molecule has 3 nitrogen and oxygen atoms in total. The van der Waals surface area contributed by atoms with Crippen LogP contribution in [0.15, 0.2) is 41.1 Å². The SMILES string of the molecule is CCCn1ccnc1NC(C)c1cccc(Br)c1. The molecule has 96 valence electrons. The Bertz CT molecular complexity index is 507. The van der Waals surface area contributed by atoms with Crippen molar-refractivity contribution in [1.29, 1.82) is 0 Å². The Hall–Kier alpha value is -1.29. The molecule has 0 saturated heterocycles. The first-order chi connectivity index (χ1) is 8.70. The maximum absolute atomic E-state index is 4.36. The molecule has 0 radical (unpaired) electrons. The predicted molar refractivity (Wildman–Crippen MR) is 78.7 cm³/mol. The third kappa shape index (κ3) is 3.13. The molecular formula is C14H18BrN3. The zero-order valence-electron chi connectivity index (χ0n) is 10.7. The molecule has 0 fully saturated rings. The molecule has 0 aliphatic rings. The number of rotatable bonds is 5. The summed E-state index contributed by atoms with van der Waals surface area (Å²) in [5.74, 6) is 0.935. The molecule has 1 N–H and O–H groups in total. The maximum atomic E-state index is 4.36. The molecule has 0 saturated carbocycles. The van der Waals surface area contributed by atoms with E-state index in [2.05, 4.69) is 62.8 Å². The zero-order valence-corrected chi connectivity index (χ0v) is 12.3. The van der Waals surface area contributed by atoms with Crippen LogP contribution < -0.4 is 5.32 Å². The number of aryl methyl sites for hydroxylation is 1. The van der Waals surface area contributed by atoms with E-state index in [0.29, 0.717) is 0 Å². The van der Waals surface area contributed by atoms with Crippen molar-refractivity contribution in [2.24, 2.45) is 0 Å². The highest BCUT2D eigenvalue weighted by Crippen LogP contribution is 2.21. The molecule has 0 spiro atoms. The second-order valence-corrected chi connectivity index (χ2v) is 5.28. The molecule has 2 rings (SSSR count). The summed E-state index contributed by atoms with van der Waals surface area (Å²) in [7, 11) is 0. The Morgan fingerprint density at radius 1 is 1.44 bits per heavy atom. The van der Waals surface area contributed by atoms with E-state index in [1.54, 1.807) is 0 Å². The number of hydrogen-bond acceptors (Lipinski definition) is 2. The number of imidazole rings is 1. The van der Waals surface area contributed by atoms with Crippen LogP contribution in [0.25, 0.3) is 0 Å². The number of halogens is 1. The van der Waals surface area contributed by atoms with Crippen molar-refractivity contribution in [1.82, 2.24) is 9.55 Å². The quantitative estimate of drug-likeness (QED) is 0.896. The Balaban J connectivity index is 2.11. The van der Waals surface area contributed by atoms with Gasteiger partial charge >= 0.3 is 0 Å². The number of anilines is 1. The molecule has 1 aromatic heterocycles. The Morgan fingerprint density at radius 2 is 2.28 bits per heavy atom. The smallest absolute Gasteiger partial charge is 0.203 e. The van der Waals surface area contributed by atoms with Gasteiger partial charge in [-0.3, -0.25) is 0 Å². The van der Waals surface area contributed by atoms with Crippen LogP contribution in [-0.2, 0) is 6.54 Å². The molecule has 1 unspecified atom stereocenters. The summed E-state index contributed by atoms with van der Waals surface area (Å²) in [4.78, 5) is 4.36. The van der Waals surface area contributed by atoms with E-state index >= 15 is 0 Å². The van der Waals surface area contributed by atoms with E-state index in [1.807, 2.05) is 18.5 Å². The van der Waals surface area contributed by atoms with Crippen molar-refractivity contribution in [2.75, 3.05) is 5.32 Å². The van der Waals surface area contributed by atoms with Crippen LogP contribution in [0.3, 0.4) is 0 Å². The lowest BCUT2D eigenvalue weighted by Gasteiger charge is -2.16. The summed E-state index contributed by atoms with van der Waals surface area (Å²) < 4.78 is 3.25. The van der Waals surface area contributed by atoms with Crippen molar-refractivity contribution >= 4 is 21.9 Å². The normalized spacial score (nSPS) is 12.4. The Morgan fingerprint density at radius 3 is 3.00 bits per heavy atom. The average Bonchev–Trinajstić information content (AvgIpc) is 2.77. The number of nitrogens with zero attached hydrogens (tertiary/aromatic N) is 2. The Labute approximate surface area is 116 Å². The van der Waals surface area contributed by atoms with Gasteiger partial charge in [0.2, 0.25) is 5.95 Å². The van der Waals surface area contributed by atoms with Gasteiger partial charge in [0.05, 0.1) is 6.04 Å². The van der Waals surface area contributed by atoms with Gasteiger partial charge in [-0.1, -0.05) is 35.0 Å². The maximum Gasteiger partial charge on any atom is 0.203 e. The van der Waals surface area contributed by atoms with Gasteiger partial charge in [-0.05, 0) is 31.0 Å². The molecule has 0 aliphatic carbocycles. The van der Waals surface area contributed by atoms with Gasteiger partial charge < -0.3 is 9.88 Å². The van der Waals surface area contributed by atoms with Crippen LogP contribution in [0.2, 0.25) is 0 Å². The lowest BCUT2D eigenvalue weighted by atomic mass is 10.1. The van der Waals surface area contributed by atoms with Gasteiger partial charge in [-0.25, -0.2) is 4.98 Å². The summed E-state index contributed by atoms with van der Waals surface area (Å²) in [5, 5.41) is 3.45. The molecular weight excluding hydrogens is 290 g/mol. The van der Waals surface area contributed by atoms with Crippen molar-refractivity contribution < 1.29 is 0 Å². The van der Waals surface area contributed by atoms with Gasteiger partial charge in [0.25, 0.3) is 0 Å². The van der Waals surface area contributed by atoms with E-state index in [1.165, 1.54) is 5.56 Å². The van der Waals surface area contributed by atoms with Gasteiger partial charge in [0.1, 0.15) is 0 Å². The molecule has 0 amide bonds. The number of nitrogens with one attached hydrogen (secondary N) is 1. The first-order valence-corrected chi connectivity index (χ1v) is 7.03. The van der Waals surface area contributed by atoms with Crippen molar-refractivity contribution in [3.05, 3.63) is 46.7 Å². The topological polar surface area (TPSA) is 29.9 Å². The van der Waals surface area contributed by atoms with E-state index in [9.17, 15) is 0 Å². The number of benzene rings is 1. The fourth-order valence-corrected chi connectivity index (χ4v) is 2.34. The first-order valence-electron chi connectivity index (χ1n) is 6.24.